The zero-order valence-corrected chi connectivity index (χ0v) is 14.1. The summed E-state index contributed by atoms with van der Waals surface area (Å²) in [5, 5.41) is 7.55. The van der Waals surface area contributed by atoms with E-state index in [0.717, 1.165) is 48.2 Å². The summed E-state index contributed by atoms with van der Waals surface area (Å²) in [4.78, 5) is 12.8. The second-order valence-electron chi connectivity index (χ2n) is 7.18. The highest BCUT2D eigenvalue weighted by molar-refractivity contribution is 5.97. The molecular weight excluding hydrogens is 305 g/mol. The van der Waals surface area contributed by atoms with Crippen molar-refractivity contribution >= 4 is 11.6 Å². The lowest BCUT2D eigenvalue weighted by Gasteiger charge is -2.15. The van der Waals surface area contributed by atoms with Crippen molar-refractivity contribution in [1.82, 2.24) is 9.78 Å². The first-order chi connectivity index (χ1) is 11.5. The summed E-state index contributed by atoms with van der Waals surface area (Å²) >= 11 is 0. The van der Waals surface area contributed by atoms with Crippen molar-refractivity contribution in [2.75, 3.05) is 5.32 Å². The smallest absolute Gasteiger partial charge is 0.232 e. The molecule has 1 N–H and O–H groups in total. The van der Waals surface area contributed by atoms with Crippen LogP contribution in [0.5, 0.6) is 0 Å². The van der Waals surface area contributed by atoms with Crippen LogP contribution in [-0.4, -0.2) is 15.7 Å². The average molecular weight is 327 g/mol. The maximum atomic E-state index is 13.4. The summed E-state index contributed by atoms with van der Waals surface area (Å²) in [6.45, 7) is 4.21. The second kappa shape index (κ2) is 5.72. The number of benzene rings is 1. The highest BCUT2D eigenvalue weighted by atomic mass is 19.1. The molecule has 0 radical (unpaired) electrons. The number of carbonyl (C=O) groups is 1. The number of fused-ring (bicyclic) bond motifs is 1. The topological polar surface area (TPSA) is 46.9 Å². The molecule has 2 aliphatic rings. The Morgan fingerprint density at radius 3 is 2.83 bits per heavy atom. The summed E-state index contributed by atoms with van der Waals surface area (Å²) in [7, 11) is 0. The van der Waals surface area contributed by atoms with Crippen LogP contribution in [0.2, 0.25) is 0 Å². The lowest BCUT2D eigenvalue weighted by Crippen LogP contribution is -2.20. The SMILES string of the molecule is CC(C)n1ncc(NC(=O)C2CCc3cc(F)ccc32)c1C1CC1. The van der Waals surface area contributed by atoms with E-state index in [9.17, 15) is 9.18 Å². The van der Waals surface area contributed by atoms with Gasteiger partial charge in [-0.1, -0.05) is 6.07 Å². The van der Waals surface area contributed by atoms with Crippen molar-refractivity contribution in [3.8, 4) is 0 Å². The molecule has 4 nitrogen and oxygen atoms in total. The van der Waals surface area contributed by atoms with Gasteiger partial charge in [0.05, 0.1) is 23.5 Å². The lowest BCUT2D eigenvalue weighted by atomic mass is 10.0. The molecule has 24 heavy (non-hydrogen) atoms. The monoisotopic (exact) mass is 327 g/mol. The molecule has 1 aromatic heterocycles. The molecule has 0 saturated heterocycles. The lowest BCUT2D eigenvalue weighted by molar-refractivity contribution is -0.117. The molecule has 0 aliphatic heterocycles. The van der Waals surface area contributed by atoms with Crippen molar-refractivity contribution < 1.29 is 9.18 Å². The number of hydrogen-bond donors (Lipinski definition) is 1. The van der Waals surface area contributed by atoms with Crippen molar-refractivity contribution in [3.05, 3.63) is 47.0 Å². The molecule has 2 aromatic rings. The number of aryl methyl sites for hydroxylation is 1. The van der Waals surface area contributed by atoms with Crippen LogP contribution in [0.1, 0.15) is 67.8 Å². The number of hydrogen-bond acceptors (Lipinski definition) is 2. The van der Waals surface area contributed by atoms with E-state index in [0.29, 0.717) is 5.92 Å². The molecular formula is C19H22FN3O. The summed E-state index contributed by atoms with van der Waals surface area (Å²) in [5.74, 6) is 0.0693. The van der Waals surface area contributed by atoms with Gasteiger partial charge in [-0.3, -0.25) is 9.48 Å². The zero-order valence-electron chi connectivity index (χ0n) is 14.1. The quantitative estimate of drug-likeness (QED) is 0.917. The third kappa shape index (κ3) is 2.62. The van der Waals surface area contributed by atoms with Gasteiger partial charge in [0.2, 0.25) is 5.91 Å². The van der Waals surface area contributed by atoms with E-state index in [1.54, 1.807) is 18.3 Å². The number of halogens is 1. The standard InChI is InChI=1S/C19H22FN3O/c1-11(2)23-18(12-3-4-12)17(10-21-23)22-19(24)16-7-5-13-9-14(20)6-8-15(13)16/h6,8-12,16H,3-5,7H2,1-2H3,(H,22,24). The highest BCUT2D eigenvalue weighted by Crippen LogP contribution is 2.44. The number of rotatable bonds is 4. The highest BCUT2D eigenvalue weighted by Gasteiger charge is 2.34. The van der Waals surface area contributed by atoms with E-state index in [-0.39, 0.29) is 23.7 Å². The minimum atomic E-state index is -0.232. The molecule has 1 aromatic carbocycles. The molecule has 1 amide bonds. The predicted octanol–water partition coefficient (Wildman–Crippen LogP) is 4.15. The number of nitrogens with one attached hydrogen (secondary N) is 1. The molecule has 1 atom stereocenters. The fraction of sp³-hybridized carbons (Fsp3) is 0.474. The van der Waals surface area contributed by atoms with Crippen LogP contribution in [0.4, 0.5) is 10.1 Å². The van der Waals surface area contributed by atoms with Crippen molar-refractivity contribution in [3.63, 3.8) is 0 Å². The maximum Gasteiger partial charge on any atom is 0.232 e. The van der Waals surface area contributed by atoms with Crippen LogP contribution < -0.4 is 5.32 Å². The van der Waals surface area contributed by atoms with Gasteiger partial charge in [-0.25, -0.2) is 4.39 Å². The molecule has 0 spiro atoms. The summed E-state index contributed by atoms with van der Waals surface area (Å²) < 4.78 is 15.4. The molecule has 5 heteroatoms. The van der Waals surface area contributed by atoms with E-state index in [1.807, 2.05) is 4.68 Å². The molecule has 1 saturated carbocycles. The van der Waals surface area contributed by atoms with Crippen LogP contribution in [0.3, 0.4) is 0 Å². The van der Waals surface area contributed by atoms with Gasteiger partial charge in [0.1, 0.15) is 5.82 Å². The number of nitrogens with zero attached hydrogens (tertiary/aromatic N) is 2. The zero-order chi connectivity index (χ0) is 16.8. The van der Waals surface area contributed by atoms with Gasteiger partial charge >= 0.3 is 0 Å². The Labute approximate surface area is 141 Å². The van der Waals surface area contributed by atoms with Crippen molar-refractivity contribution in [2.45, 2.75) is 57.4 Å². The van der Waals surface area contributed by atoms with Gasteiger partial charge in [-0.15, -0.1) is 0 Å². The third-order valence-corrected chi connectivity index (χ3v) is 5.04. The molecule has 2 aliphatic carbocycles. The fourth-order valence-corrected chi connectivity index (χ4v) is 3.72. The van der Waals surface area contributed by atoms with Gasteiger partial charge in [0.25, 0.3) is 0 Å². The van der Waals surface area contributed by atoms with E-state index in [4.69, 9.17) is 0 Å². The Hall–Kier alpha value is -2.17. The van der Waals surface area contributed by atoms with E-state index in [2.05, 4.69) is 24.3 Å². The molecule has 1 fully saturated rings. The molecule has 1 heterocycles. The van der Waals surface area contributed by atoms with E-state index in [1.165, 1.54) is 6.07 Å². The minimum absolute atomic E-state index is 0.00874. The maximum absolute atomic E-state index is 13.4. The normalized spacial score (nSPS) is 19.6. The number of carbonyl (C=O) groups excluding carboxylic acids is 1. The fourth-order valence-electron chi connectivity index (χ4n) is 3.72. The van der Waals surface area contributed by atoms with Gasteiger partial charge in [-0.2, -0.15) is 5.10 Å². The minimum Gasteiger partial charge on any atom is -0.323 e. The molecule has 4 rings (SSSR count). The van der Waals surface area contributed by atoms with Crippen LogP contribution in [-0.2, 0) is 11.2 Å². The number of aromatic nitrogens is 2. The van der Waals surface area contributed by atoms with Crippen LogP contribution in [0, 0.1) is 5.82 Å². The summed E-state index contributed by atoms with van der Waals surface area (Å²) in [5.41, 5.74) is 3.90. The number of amides is 1. The van der Waals surface area contributed by atoms with E-state index < -0.39 is 0 Å². The molecule has 1 unspecified atom stereocenters. The Balaban J connectivity index is 1.58. The van der Waals surface area contributed by atoms with Gasteiger partial charge < -0.3 is 5.32 Å². The van der Waals surface area contributed by atoms with Crippen LogP contribution >= 0.6 is 0 Å². The van der Waals surface area contributed by atoms with Crippen LogP contribution in [0.15, 0.2) is 24.4 Å². The third-order valence-electron chi connectivity index (χ3n) is 5.04. The Morgan fingerprint density at radius 1 is 1.33 bits per heavy atom. The molecule has 126 valence electrons. The summed E-state index contributed by atoms with van der Waals surface area (Å²) in [6.07, 6.45) is 5.58. The van der Waals surface area contributed by atoms with Crippen molar-refractivity contribution in [2.24, 2.45) is 0 Å². The first-order valence-electron chi connectivity index (χ1n) is 8.71. The predicted molar refractivity (Wildman–Crippen MR) is 90.7 cm³/mol. The second-order valence-corrected chi connectivity index (χ2v) is 7.18. The first kappa shape index (κ1) is 15.4. The first-order valence-corrected chi connectivity index (χ1v) is 8.71. The Kier molecular flexibility index (Phi) is 3.66. The van der Waals surface area contributed by atoms with E-state index >= 15 is 0 Å². The van der Waals surface area contributed by atoms with Gasteiger partial charge in [-0.05, 0) is 62.8 Å². The van der Waals surface area contributed by atoms with Gasteiger partial charge in [0, 0.05) is 12.0 Å². The Bertz CT molecular complexity index is 792. The van der Waals surface area contributed by atoms with Crippen LogP contribution in [0.25, 0.3) is 0 Å². The number of anilines is 1. The average Bonchev–Trinajstić information content (AvgIpc) is 3.15. The Morgan fingerprint density at radius 2 is 2.12 bits per heavy atom. The largest absolute Gasteiger partial charge is 0.323 e. The van der Waals surface area contributed by atoms with Crippen molar-refractivity contribution in [1.29, 1.82) is 0 Å². The summed E-state index contributed by atoms with van der Waals surface area (Å²) in [6, 6.07) is 5.02. The van der Waals surface area contributed by atoms with Gasteiger partial charge in [0.15, 0.2) is 0 Å². The molecule has 0 bridgehead atoms.